The number of aromatic carboxylic acids is 1. The van der Waals surface area contributed by atoms with Crippen molar-refractivity contribution < 1.29 is 27.9 Å². The first-order valence-electron chi connectivity index (χ1n) is 4.51. The Bertz CT molecular complexity index is 524. The van der Waals surface area contributed by atoms with Crippen LogP contribution in [0.15, 0.2) is 18.2 Å². The van der Waals surface area contributed by atoms with E-state index in [0.29, 0.717) is 0 Å². The van der Waals surface area contributed by atoms with Gasteiger partial charge in [0.15, 0.2) is 0 Å². The Kier molecular flexibility index (Phi) is 4.22. The molecule has 1 aromatic rings. The third-order valence-electron chi connectivity index (χ3n) is 1.97. The highest BCUT2D eigenvalue weighted by atomic mass is 32.2. The van der Waals surface area contributed by atoms with Gasteiger partial charge in [0.05, 0.1) is 24.0 Å². The Labute approximate surface area is 98.8 Å². The van der Waals surface area contributed by atoms with Crippen molar-refractivity contribution in [2.75, 3.05) is 7.11 Å². The molecule has 0 spiro atoms. The summed E-state index contributed by atoms with van der Waals surface area (Å²) in [6, 6.07) is 3.64. The van der Waals surface area contributed by atoms with Crippen LogP contribution in [-0.2, 0) is 21.2 Å². The maximum Gasteiger partial charge on any atom is 0.337 e. The first-order chi connectivity index (χ1) is 7.93. The van der Waals surface area contributed by atoms with Crippen LogP contribution in [0.25, 0.3) is 0 Å². The second-order valence-corrected chi connectivity index (χ2v) is 4.19. The molecule has 0 bridgehead atoms. The number of ether oxygens (including phenoxy) is 1. The Balaban J connectivity index is 3.27. The van der Waals surface area contributed by atoms with Gasteiger partial charge in [0, 0.05) is 0 Å². The average Bonchev–Trinajstić information content (AvgIpc) is 2.26. The lowest BCUT2D eigenvalue weighted by atomic mass is 10.1. The van der Waals surface area contributed by atoms with Crippen LogP contribution >= 0.6 is 0 Å². The van der Waals surface area contributed by atoms with Crippen molar-refractivity contribution in [2.24, 2.45) is 0 Å². The maximum absolute atomic E-state index is 11.3. The van der Waals surface area contributed by atoms with Gasteiger partial charge >= 0.3 is 11.9 Å². The van der Waals surface area contributed by atoms with Gasteiger partial charge in [0.25, 0.3) is 0 Å². The molecule has 1 aromatic carbocycles. The lowest BCUT2D eigenvalue weighted by Gasteiger charge is -2.04. The van der Waals surface area contributed by atoms with E-state index in [0.717, 1.165) is 13.2 Å². The van der Waals surface area contributed by atoms with E-state index in [1.54, 1.807) is 0 Å². The minimum Gasteiger partial charge on any atom is -0.478 e. The number of methoxy groups -OCH3 is 1. The minimum atomic E-state index is -2.69. The molecule has 0 aliphatic carbocycles. The first-order valence-corrected chi connectivity index (χ1v) is 5.87. The zero-order valence-electron chi connectivity index (χ0n) is 8.87. The molecule has 0 radical (unpaired) electrons. The number of rotatable bonds is 4. The summed E-state index contributed by atoms with van der Waals surface area (Å²) >= 11 is 0. The van der Waals surface area contributed by atoms with E-state index in [1.165, 1.54) is 12.1 Å². The third kappa shape index (κ3) is 3.56. The second kappa shape index (κ2) is 5.44. The predicted molar refractivity (Wildman–Crippen MR) is 58.8 cm³/mol. The van der Waals surface area contributed by atoms with E-state index in [9.17, 15) is 18.0 Å². The van der Waals surface area contributed by atoms with Gasteiger partial charge in [-0.25, -0.2) is 18.0 Å². The normalized spacial score (nSPS) is 10.2. The number of carbonyl (C=O) groups is 2. The molecule has 0 amide bonds. The van der Waals surface area contributed by atoms with Crippen molar-refractivity contribution >= 4 is 22.6 Å². The monoisotopic (exact) mass is 258 g/mol. The van der Waals surface area contributed by atoms with E-state index >= 15 is 0 Å². The summed E-state index contributed by atoms with van der Waals surface area (Å²) in [7, 11) is -1.53. The topological polar surface area (TPSA) is 97.7 Å². The molecular weight excluding hydrogens is 248 g/mol. The number of hydrogen-bond acceptors (Lipinski definition) is 5. The molecule has 1 N–H and O–H groups in total. The second-order valence-electron chi connectivity index (χ2n) is 3.21. The number of benzene rings is 1. The maximum atomic E-state index is 11.3. The van der Waals surface area contributed by atoms with Gasteiger partial charge in [-0.3, -0.25) is 0 Å². The summed E-state index contributed by atoms with van der Waals surface area (Å²) in [5.74, 6) is -2.27. The summed E-state index contributed by atoms with van der Waals surface area (Å²) < 4.78 is 25.6. The van der Waals surface area contributed by atoms with Gasteiger partial charge in [0.2, 0.25) is 0 Å². The van der Waals surface area contributed by atoms with E-state index in [-0.39, 0.29) is 22.4 Å². The summed E-state index contributed by atoms with van der Waals surface area (Å²) in [6.07, 6.45) is 0. The Hall–Kier alpha value is -1.89. The average molecular weight is 258 g/mol. The smallest absolute Gasteiger partial charge is 0.337 e. The van der Waals surface area contributed by atoms with Crippen LogP contribution in [0.2, 0.25) is 0 Å². The van der Waals surface area contributed by atoms with Gasteiger partial charge in [-0.15, -0.1) is 0 Å². The number of esters is 1. The Morgan fingerprint density at radius 2 is 1.82 bits per heavy atom. The van der Waals surface area contributed by atoms with Crippen molar-refractivity contribution in [1.82, 2.24) is 0 Å². The Morgan fingerprint density at radius 3 is 2.29 bits per heavy atom. The molecule has 0 unspecified atom stereocenters. The van der Waals surface area contributed by atoms with Gasteiger partial charge in [-0.05, 0) is 23.8 Å². The summed E-state index contributed by atoms with van der Waals surface area (Å²) in [4.78, 5) is 22.1. The SMILES string of the molecule is COC(=O)c1cc(C[SH](=O)=O)cc(C(=O)O)c1. The van der Waals surface area contributed by atoms with Crippen LogP contribution in [0.1, 0.15) is 26.3 Å². The van der Waals surface area contributed by atoms with E-state index in [2.05, 4.69) is 4.74 Å². The Morgan fingerprint density at radius 1 is 1.24 bits per heavy atom. The van der Waals surface area contributed by atoms with E-state index in [1.807, 2.05) is 0 Å². The molecule has 6 nitrogen and oxygen atoms in total. The molecule has 0 saturated carbocycles. The third-order valence-corrected chi connectivity index (χ3v) is 2.60. The number of thiol groups is 1. The van der Waals surface area contributed by atoms with Crippen LogP contribution in [0, 0.1) is 0 Å². The number of carboxylic acids is 1. The van der Waals surface area contributed by atoms with Crippen molar-refractivity contribution in [1.29, 1.82) is 0 Å². The highest BCUT2D eigenvalue weighted by Crippen LogP contribution is 2.12. The molecule has 0 atom stereocenters. The van der Waals surface area contributed by atoms with Gasteiger partial charge in [-0.2, -0.15) is 0 Å². The molecular formula is C10H10O6S. The molecule has 0 aromatic heterocycles. The van der Waals surface area contributed by atoms with Crippen LogP contribution in [0.3, 0.4) is 0 Å². The zero-order valence-corrected chi connectivity index (χ0v) is 9.77. The quantitative estimate of drug-likeness (QED) is 0.594. The number of hydrogen-bond donors (Lipinski definition) is 2. The van der Waals surface area contributed by atoms with Crippen LogP contribution in [0.4, 0.5) is 0 Å². The van der Waals surface area contributed by atoms with E-state index in [4.69, 9.17) is 5.11 Å². The van der Waals surface area contributed by atoms with Gasteiger partial charge in [0.1, 0.15) is 10.7 Å². The molecule has 0 aliphatic heterocycles. The number of carboxylic acid groups (broad SMARTS) is 1. The van der Waals surface area contributed by atoms with Crippen LogP contribution < -0.4 is 0 Å². The summed E-state index contributed by atoms with van der Waals surface area (Å²) in [6.45, 7) is 0. The predicted octanol–water partition coefficient (Wildman–Crippen LogP) is 0.283. The highest BCUT2D eigenvalue weighted by Gasteiger charge is 2.12. The fourth-order valence-electron chi connectivity index (χ4n) is 1.29. The molecule has 0 heterocycles. The lowest BCUT2D eigenvalue weighted by molar-refractivity contribution is 0.0600. The van der Waals surface area contributed by atoms with Crippen LogP contribution in [0.5, 0.6) is 0 Å². The van der Waals surface area contributed by atoms with Gasteiger partial charge in [-0.1, -0.05) is 0 Å². The molecule has 17 heavy (non-hydrogen) atoms. The molecule has 7 heteroatoms. The first kappa shape index (κ1) is 13.2. The highest BCUT2D eigenvalue weighted by molar-refractivity contribution is 7.71. The van der Waals surface area contributed by atoms with Crippen LogP contribution in [-0.4, -0.2) is 32.6 Å². The minimum absolute atomic E-state index is 0.0132. The zero-order chi connectivity index (χ0) is 13.0. The standard InChI is InChI=1S/C10H10O6S/c1-16-10(13)8-3-6(5-17(14)15)2-7(4-8)9(11)12/h2-4,17H,5H2,1H3,(H,11,12). The molecule has 0 aliphatic rings. The van der Waals surface area contributed by atoms with Crippen molar-refractivity contribution in [3.8, 4) is 0 Å². The molecule has 1 rings (SSSR count). The fourth-order valence-corrected chi connectivity index (χ4v) is 1.77. The van der Waals surface area contributed by atoms with E-state index < -0.39 is 22.6 Å². The number of carbonyl (C=O) groups excluding carboxylic acids is 1. The molecule has 92 valence electrons. The molecule has 0 fully saturated rings. The fraction of sp³-hybridized carbons (Fsp3) is 0.200. The van der Waals surface area contributed by atoms with Crippen molar-refractivity contribution in [3.63, 3.8) is 0 Å². The van der Waals surface area contributed by atoms with Gasteiger partial charge < -0.3 is 9.84 Å². The van der Waals surface area contributed by atoms with Crippen molar-refractivity contribution in [2.45, 2.75) is 5.75 Å². The molecule has 0 saturated heterocycles. The summed E-state index contributed by atoms with van der Waals surface area (Å²) in [5, 5.41) is 8.82. The lowest BCUT2D eigenvalue weighted by Crippen LogP contribution is -2.06. The van der Waals surface area contributed by atoms with Crippen molar-refractivity contribution in [3.05, 3.63) is 34.9 Å². The summed E-state index contributed by atoms with van der Waals surface area (Å²) in [5.41, 5.74) is 0.0976. The largest absolute Gasteiger partial charge is 0.478 e.